The first kappa shape index (κ1) is 13.9. The van der Waals surface area contributed by atoms with E-state index in [0.717, 1.165) is 14.4 Å². The molecule has 1 saturated heterocycles. The van der Waals surface area contributed by atoms with E-state index >= 15 is 4.39 Å². The van der Waals surface area contributed by atoms with Crippen LogP contribution in [0.4, 0.5) is 4.39 Å². The average molecular weight is 314 g/mol. The van der Waals surface area contributed by atoms with E-state index in [1.54, 1.807) is 0 Å². The molecular weight excluding hydrogens is 299 g/mol. The van der Waals surface area contributed by atoms with Crippen LogP contribution < -0.4 is 5.14 Å². The molecule has 0 saturated carbocycles. The summed E-state index contributed by atoms with van der Waals surface area (Å²) in [6, 6.07) is 7.69. The van der Waals surface area contributed by atoms with Gasteiger partial charge in [0.05, 0.1) is 0 Å². The second-order valence-corrected chi connectivity index (χ2v) is 7.51. The highest BCUT2D eigenvalue weighted by Gasteiger charge is 2.40. The van der Waals surface area contributed by atoms with Crippen molar-refractivity contribution in [3.8, 4) is 0 Å². The lowest BCUT2D eigenvalue weighted by molar-refractivity contribution is 0.0889. The molecule has 0 radical (unpaired) electrons. The van der Waals surface area contributed by atoms with Crippen molar-refractivity contribution >= 4 is 31.6 Å². The SMILES string of the molecule is NS(=O)(=O)N1CCC(F)(c2csc3ccccc23)CC1. The molecule has 0 bridgehead atoms. The fraction of sp³-hybridized carbons (Fsp3) is 0.385. The number of halogens is 1. The first-order valence-electron chi connectivity index (χ1n) is 6.34. The zero-order chi connectivity index (χ0) is 14.4. The van der Waals surface area contributed by atoms with Crippen molar-refractivity contribution in [2.24, 2.45) is 5.14 Å². The Morgan fingerprint density at radius 2 is 1.90 bits per heavy atom. The number of nitrogens with zero attached hydrogens (tertiary/aromatic N) is 1. The van der Waals surface area contributed by atoms with Gasteiger partial charge in [-0.25, -0.2) is 9.53 Å². The van der Waals surface area contributed by atoms with Crippen LogP contribution in [0.1, 0.15) is 18.4 Å². The van der Waals surface area contributed by atoms with Crippen LogP contribution in [0.5, 0.6) is 0 Å². The number of hydrogen-bond donors (Lipinski definition) is 1. The number of piperidine rings is 1. The molecule has 0 unspecified atom stereocenters. The van der Waals surface area contributed by atoms with Gasteiger partial charge in [0.25, 0.3) is 10.2 Å². The van der Waals surface area contributed by atoms with E-state index in [4.69, 9.17) is 5.14 Å². The highest BCUT2D eigenvalue weighted by atomic mass is 32.2. The van der Waals surface area contributed by atoms with Crippen molar-refractivity contribution in [3.05, 3.63) is 35.2 Å². The van der Waals surface area contributed by atoms with E-state index in [1.165, 1.54) is 11.3 Å². The largest absolute Gasteiger partial charge is 0.276 e. The molecule has 7 heteroatoms. The first-order chi connectivity index (χ1) is 9.40. The van der Waals surface area contributed by atoms with Gasteiger partial charge in [-0.3, -0.25) is 0 Å². The summed E-state index contributed by atoms with van der Waals surface area (Å²) in [6.07, 6.45) is 0.286. The van der Waals surface area contributed by atoms with Crippen LogP contribution in [0.3, 0.4) is 0 Å². The highest BCUT2D eigenvalue weighted by Crippen LogP contribution is 2.42. The van der Waals surface area contributed by atoms with Crippen LogP contribution in [-0.4, -0.2) is 25.8 Å². The van der Waals surface area contributed by atoms with Crippen molar-refractivity contribution in [1.82, 2.24) is 4.31 Å². The number of benzene rings is 1. The van der Waals surface area contributed by atoms with Crippen molar-refractivity contribution in [2.75, 3.05) is 13.1 Å². The Morgan fingerprint density at radius 1 is 1.25 bits per heavy atom. The molecule has 0 amide bonds. The Bertz CT molecular complexity index is 734. The fourth-order valence-electron chi connectivity index (χ4n) is 2.69. The number of rotatable bonds is 2. The zero-order valence-electron chi connectivity index (χ0n) is 10.8. The molecule has 3 rings (SSSR count). The van der Waals surface area contributed by atoms with Gasteiger partial charge in [-0.15, -0.1) is 11.3 Å². The molecule has 2 N–H and O–H groups in total. The molecule has 2 heterocycles. The standard InChI is InChI=1S/C13H15FN2O2S2/c14-13(5-7-16(8-6-13)20(15,17)18)11-9-19-12-4-2-1-3-10(11)12/h1-4,9H,5-8H2,(H2,15,17,18). The second kappa shape index (κ2) is 4.77. The third kappa shape index (κ3) is 2.35. The molecule has 1 aromatic carbocycles. The third-order valence-corrected chi connectivity index (χ3v) is 5.89. The monoisotopic (exact) mass is 314 g/mol. The van der Waals surface area contributed by atoms with Gasteiger partial charge < -0.3 is 0 Å². The fourth-order valence-corrected chi connectivity index (χ4v) is 4.43. The Labute approximate surface area is 121 Å². The summed E-state index contributed by atoms with van der Waals surface area (Å²) in [4.78, 5) is 0. The summed E-state index contributed by atoms with van der Waals surface area (Å²) in [5.74, 6) is 0. The van der Waals surface area contributed by atoms with Crippen LogP contribution in [-0.2, 0) is 15.9 Å². The maximum atomic E-state index is 15.2. The molecule has 108 valence electrons. The van der Waals surface area contributed by atoms with E-state index in [9.17, 15) is 8.42 Å². The van der Waals surface area contributed by atoms with Crippen LogP contribution >= 0.6 is 11.3 Å². The molecular formula is C13H15FN2O2S2. The summed E-state index contributed by atoms with van der Waals surface area (Å²) in [7, 11) is -3.72. The topological polar surface area (TPSA) is 63.4 Å². The quantitative estimate of drug-likeness (QED) is 0.925. The van der Waals surface area contributed by atoms with Crippen LogP contribution in [0.2, 0.25) is 0 Å². The Hall–Kier alpha value is -1.02. The maximum Gasteiger partial charge on any atom is 0.276 e. The first-order valence-corrected chi connectivity index (χ1v) is 8.72. The molecule has 1 fully saturated rings. The van der Waals surface area contributed by atoms with Gasteiger partial charge in [-0.1, -0.05) is 18.2 Å². The minimum atomic E-state index is -3.72. The maximum absolute atomic E-state index is 15.2. The van der Waals surface area contributed by atoms with Crippen LogP contribution in [0.25, 0.3) is 10.1 Å². The van der Waals surface area contributed by atoms with Gasteiger partial charge in [-0.05, 0) is 29.7 Å². The lowest BCUT2D eigenvalue weighted by Crippen LogP contribution is -2.45. The van der Waals surface area contributed by atoms with E-state index in [0.29, 0.717) is 5.56 Å². The highest BCUT2D eigenvalue weighted by molar-refractivity contribution is 7.86. The van der Waals surface area contributed by atoms with E-state index in [2.05, 4.69) is 0 Å². The predicted octanol–water partition coefficient (Wildman–Crippen LogP) is 2.37. The van der Waals surface area contributed by atoms with Crippen molar-refractivity contribution in [1.29, 1.82) is 0 Å². The number of nitrogens with two attached hydrogens (primary N) is 1. The molecule has 20 heavy (non-hydrogen) atoms. The van der Waals surface area contributed by atoms with Gasteiger partial charge in [0.1, 0.15) is 5.67 Å². The summed E-state index contributed by atoms with van der Waals surface area (Å²) < 4.78 is 39.9. The molecule has 4 nitrogen and oxygen atoms in total. The van der Waals surface area contributed by atoms with Gasteiger partial charge in [-0.2, -0.15) is 12.7 Å². The predicted molar refractivity (Wildman–Crippen MR) is 78.5 cm³/mol. The lowest BCUT2D eigenvalue weighted by atomic mass is 9.87. The normalized spacial score (nSPS) is 20.3. The minimum absolute atomic E-state index is 0.125. The van der Waals surface area contributed by atoms with Gasteiger partial charge in [0.15, 0.2) is 0 Å². The van der Waals surface area contributed by atoms with Crippen molar-refractivity contribution in [2.45, 2.75) is 18.5 Å². The molecule has 1 aromatic heterocycles. The average Bonchev–Trinajstić information content (AvgIpc) is 2.82. The molecule has 0 spiro atoms. The Balaban J connectivity index is 1.91. The molecule has 1 aliphatic rings. The number of alkyl halides is 1. The summed E-state index contributed by atoms with van der Waals surface area (Å²) in [5, 5.41) is 7.85. The number of hydrogen-bond acceptors (Lipinski definition) is 3. The van der Waals surface area contributed by atoms with E-state index in [-0.39, 0.29) is 25.9 Å². The van der Waals surface area contributed by atoms with E-state index < -0.39 is 15.9 Å². The number of fused-ring (bicyclic) bond motifs is 1. The molecule has 2 aromatic rings. The van der Waals surface area contributed by atoms with Crippen molar-refractivity contribution in [3.63, 3.8) is 0 Å². The smallest absolute Gasteiger partial charge is 0.239 e. The van der Waals surface area contributed by atoms with Gasteiger partial charge in [0.2, 0.25) is 0 Å². The molecule has 0 atom stereocenters. The zero-order valence-corrected chi connectivity index (χ0v) is 12.4. The van der Waals surface area contributed by atoms with Crippen molar-refractivity contribution < 1.29 is 12.8 Å². The lowest BCUT2D eigenvalue weighted by Gasteiger charge is -2.34. The Kier molecular flexibility index (Phi) is 3.32. The third-order valence-electron chi connectivity index (χ3n) is 3.84. The summed E-state index contributed by atoms with van der Waals surface area (Å²) in [6.45, 7) is 0.249. The molecule has 0 aliphatic carbocycles. The Morgan fingerprint density at radius 3 is 2.55 bits per heavy atom. The number of thiophene rings is 1. The van der Waals surface area contributed by atoms with Gasteiger partial charge >= 0.3 is 0 Å². The van der Waals surface area contributed by atoms with Gasteiger partial charge in [0, 0.05) is 23.4 Å². The summed E-state index contributed by atoms with van der Waals surface area (Å²) >= 11 is 1.52. The van der Waals surface area contributed by atoms with Crippen LogP contribution in [0.15, 0.2) is 29.6 Å². The minimum Gasteiger partial charge on any atom is -0.239 e. The molecule has 1 aliphatic heterocycles. The van der Waals surface area contributed by atoms with Crippen LogP contribution in [0, 0.1) is 0 Å². The second-order valence-electron chi connectivity index (χ2n) is 5.05. The summed E-state index contributed by atoms with van der Waals surface area (Å²) in [5.41, 5.74) is -0.798. The van der Waals surface area contributed by atoms with E-state index in [1.807, 2.05) is 29.6 Å².